The number of rotatable bonds is 6. The molecule has 1 aliphatic carbocycles. The molecule has 5 atom stereocenters. The van der Waals surface area contributed by atoms with Crippen molar-refractivity contribution in [2.45, 2.75) is 21.4 Å². The number of nitrogens with zero attached hydrogens (tertiary/aromatic N) is 1. The monoisotopic (exact) mass is 499 g/mol. The van der Waals surface area contributed by atoms with E-state index in [0.29, 0.717) is 22.3 Å². The smallest absolute Gasteiger partial charge is 0.353 e. The lowest BCUT2D eigenvalue weighted by Crippen LogP contribution is -2.70. The van der Waals surface area contributed by atoms with Gasteiger partial charge >= 0.3 is 5.97 Å². The molecule has 2 aromatic rings. The van der Waals surface area contributed by atoms with Crippen molar-refractivity contribution in [3.05, 3.63) is 83.1 Å². The van der Waals surface area contributed by atoms with Crippen LogP contribution in [0.3, 0.4) is 0 Å². The van der Waals surface area contributed by atoms with E-state index in [1.807, 2.05) is 0 Å². The van der Waals surface area contributed by atoms with E-state index in [1.165, 1.54) is 0 Å². The van der Waals surface area contributed by atoms with Gasteiger partial charge in [0.25, 0.3) is 0 Å². The van der Waals surface area contributed by atoms with Crippen LogP contribution in [-0.2, 0) is 34.4 Å². The van der Waals surface area contributed by atoms with E-state index in [4.69, 9.17) is 11.6 Å². The van der Waals surface area contributed by atoms with E-state index in [9.17, 15) is 32.7 Å². The molecule has 2 aliphatic heterocycles. The lowest BCUT2D eigenvalue weighted by Gasteiger charge is -2.48. The summed E-state index contributed by atoms with van der Waals surface area (Å²) in [5, 5.41) is 5.08. The van der Waals surface area contributed by atoms with Crippen LogP contribution in [0.1, 0.15) is 11.1 Å². The van der Waals surface area contributed by atoms with Crippen molar-refractivity contribution in [3.8, 4) is 0 Å². The SMILES string of the molecule is O=CC1=C(C(=O)O)N2C(=O)[C@H](Cl)[C@@H]2S(=O)(=O)C1C1C(C=O)C1(c1ccccc1)c1ccccc1. The van der Waals surface area contributed by atoms with E-state index in [1.54, 1.807) is 60.7 Å². The van der Waals surface area contributed by atoms with E-state index in [0.717, 1.165) is 0 Å². The zero-order valence-electron chi connectivity index (χ0n) is 17.4. The molecule has 8 nitrogen and oxygen atoms in total. The number of carboxylic acids is 1. The normalized spacial score (nSPS) is 30.7. The molecule has 0 spiro atoms. The summed E-state index contributed by atoms with van der Waals surface area (Å²) in [4.78, 5) is 49.6. The highest BCUT2D eigenvalue weighted by atomic mass is 35.5. The zero-order valence-corrected chi connectivity index (χ0v) is 19.0. The number of aldehydes is 2. The Hall–Kier alpha value is -3.30. The van der Waals surface area contributed by atoms with Gasteiger partial charge in [-0.1, -0.05) is 60.7 Å². The maximum atomic E-state index is 13.8. The largest absolute Gasteiger partial charge is 0.477 e. The second-order valence-corrected chi connectivity index (χ2v) is 11.2. The summed E-state index contributed by atoms with van der Waals surface area (Å²) in [6.45, 7) is 0. The minimum Gasteiger partial charge on any atom is -0.477 e. The van der Waals surface area contributed by atoms with Gasteiger partial charge in [0.2, 0.25) is 5.91 Å². The van der Waals surface area contributed by atoms with Crippen LogP contribution in [0.25, 0.3) is 0 Å². The van der Waals surface area contributed by atoms with Gasteiger partial charge in [0.05, 0.1) is 5.25 Å². The standard InChI is InChI=1S/C24H18ClNO7S/c25-18-21(29)26-19(23(30)31)15(11-27)20(34(32,33)22(18)26)17-16(12-28)24(17,13-7-3-1-4-8-13)14-9-5-2-6-10-14/h1-12,16-18,20,22H,(H,30,31)/t16?,17?,18-,20?,22-/m0/s1. The fourth-order valence-corrected chi connectivity index (χ4v) is 8.97. The van der Waals surface area contributed by atoms with Gasteiger partial charge in [0, 0.05) is 22.8 Å². The minimum absolute atomic E-state index is 0.164. The fourth-order valence-electron chi connectivity index (χ4n) is 5.75. The summed E-state index contributed by atoms with van der Waals surface area (Å²) in [6, 6.07) is 17.7. The van der Waals surface area contributed by atoms with Gasteiger partial charge < -0.3 is 9.90 Å². The van der Waals surface area contributed by atoms with Gasteiger partial charge in [-0.2, -0.15) is 0 Å². The molecule has 34 heavy (non-hydrogen) atoms. The number of sulfone groups is 1. The van der Waals surface area contributed by atoms with E-state index in [-0.39, 0.29) is 6.29 Å². The highest BCUT2D eigenvalue weighted by molar-refractivity contribution is 7.93. The van der Waals surface area contributed by atoms with Crippen LogP contribution >= 0.6 is 11.6 Å². The number of hydrogen-bond donors (Lipinski definition) is 1. The third-order valence-corrected chi connectivity index (χ3v) is 10.1. The average molecular weight is 500 g/mol. The number of aliphatic carboxylic acids is 1. The highest BCUT2D eigenvalue weighted by Crippen LogP contribution is 2.67. The molecule has 174 valence electrons. The number of carboxylic acid groups (broad SMARTS) is 1. The third-order valence-electron chi connectivity index (χ3n) is 7.12. The number of β-lactam (4-membered cyclic amide) rings is 1. The lowest BCUT2D eigenvalue weighted by atomic mass is 9.83. The van der Waals surface area contributed by atoms with E-state index >= 15 is 0 Å². The summed E-state index contributed by atoms with van der Waals surface area (Å²) in [5.41, 5.74) is -1.04. The van der Waals surface area contributed by atoms with Gasteiger partial charge in [-0.15, -0.1) is 11.6 Å². The van der Waals surface area contributed by atoms with Gasteiger partial charge in [-0.3, -0.25) is 14.5 Å². The lowest BCUT2D eigenvalue weighted by molar-refractivity contribution is -0.146. The number of benzene rings is 2. The van der Waals surface area contributed by atoms with E-state index < -0.39 is 66.2 Å². The summed E-state index contributed by atoms with van der Waals surface area (Å²) < 4.78 is 27.6. The first kappa shape index (κ1) is 22.5. The molecule has 5 rings (SSSR count). The van der Waals surface area contributed by atoms with Crippen molar-refractivity contribution in [1.82, 2.24) is 4.90 Å². The van der Waals surface area contributed by atoms with Crippen molar-refractivity contribution in [1.29, 1.82) is 0 Å². The molecule has 2 fully saturated rings. The molecule has 3 unspecified atom stereocenters. The first-order valence-corrected chi connectivity index (χ1v) is 12.5. The molecule has 0 radical (unpaired) electrons. The Morgan fingerprint density at radius 1 is 1.00 bits per heavy atom. The quantitative estimate of drug-likeness (QED) is 0.363. The predicted octanol–water partition coefficient (Wildman–Crippen LogP) is 1.53. The number of amides is 1. The molecule has 1 N–H and O–H groups in total. The van der Waals surface area contributed by atoms with Gasteiger partial charge in [0.1, 0.15) is 23.6 Å². The summed E-state index contributed by atoms with van der Waals surface area (Å²) in [5.74, 6) is -4.35. The first-order chi connectivity index (χ1) is 16.2. The van der Waals surface area contributed by atoms with Crippen LogP contribution in [-0.4, -0.2) is 58.9 Å². The molecule has 10 heteroatoms. The molecular weight excluding hydrogens is 482 g/mol. The molecule has 2 aromatic carbocycles. The Morgan fingerprint density at radius 3 is 1.97 bits per heavy atom. The number of halogens is 1. The highest BCUT2D eigenvalue weighted by Gasteiger charge is 2.75. The molecule has 0 bridgehead atoms. The van der Waals surface area contributed by atoms with Crippen LogP contribution in [0.4, 0.5) is 0 Å². The Bertz CT molecular complexity index is 1320. The number of hydrogen-bond acceptors (Lipinski definition) is 6. The Labute approximate surface area is 199 Å². The van der Waals surface area contributed by atoms with Crippen molar-refractivity contribution in [2.24, 2.45) is 11.8 Å². The predicted molar refractivity (Wildman–Crippen MR) is 120 cm³/mol. The molecular formula is C24H18ClNO7S. The second kappa shape index (κ2) is 7.61. The molecule has 0 aromatic heterocycles. The number of fused-ring (bicyclic) bond motifs is 1. The fraction of sp³-hybridized carbons (Fsp3) is 0.250. The average Bonchev–Trinajstić information content (AvgIpc) is 3.51. The Balaban J connectivity index is 1.80. The second-order valence-electron chi connectivity index (χ2n) is 8.53. The molecule has 3 aliphatic rings. The van der Waals surface area contributed by atoms with Crippen molar-refractivity contribution in [3.63, 3.8) is 0 Å². The Morgan fingerprint density at radius 2 is 1.53 bits per heavy atom. The third kappa shape index (κ3) is 2.68. The molecule has 2 heterocycles. The maximum absolute atomic E-state index is 13.8. The van der Waals surface area contributed by atoms with Crippen LogP contribution < -0.4 is 0 Å². The van der Waals surface area contributed by atoms with Crippen LogP contribution in [0.2, 0.25) is 0 Å². The van der Waals surface area contributed by atoms with Crippen LogP contribution in [0, 0.1) is 11.8 Å². The van der Waals surface area contributed by atoms with Gasteiger partial charge in [0.15, 0.2) is 15.2 Å². The maximum Gasteiger partial charge on any atom is 0.353 e. The summed E-state index contributed by atoms with van der Waals surface area (Å²) >= 11 is 6.04. The number of carbonyl (C=O) groups is 4. The van der Waals surface area contributed by atoms with Crippen LogP contribution in [0.15, 0.2) is 71.9 Å². The first-order valence-electron chi connectivity index (χ1n) is 10.4. The summed E-state index contributed by atoms with van der Waals surface area (Å²) in [6.07, 6.45) is 0.817. The van der Waals surface area contributed by atoms with Gasteiger partial charge in [-0.05, 0) is 11.1 Å². The summed E-state index contributed by atoms with van der Waals surface area (Å²) in [7, 11) is -4.38. The topological polar surface area (TPSA) is 126 Å². The molecule has 1 saturated carbocycles. The van der Waals surface area contributed by atoms with Crippen molar-refractivity contribution >= 4 is 45.9 Å². The van der Waals surface area contributed by atoms with Crippen molar-refractivity contribution in [2.75, 3.05) is 0 Å². The van der Waals surface area contributed by atoms with Gasteiger partial charge in [-0.25, -0.2) is 13.2 Å². The van der Waals surface area contributed by atoms with E-state index in [2.05, 4.69) is 0 Å². The minimum atomic E-state index is -4.38. The van der Waals surface area contributed by atoms with Crippen LogP contribution in [0.5, 0.6) is 0 Å². The molecule has 1 amide bonds. The molecule has 1 saturated heterocycles. The number of alkyl halides is 1. The zero-order chi connectivity index (χ0) is 24.4. The Kier molecular flexibility index (Phi) is 5.03. The van der Waals surface area contributed by atoms with Crippen molar-refractivity contribution < 1.29 is 32.7 Å². The number of carbonyl (C=O) groups excluding carboxylic acids is 3.